The number of nitrogens with one attached hydrogen (secondary N) is 1. The number of hydrogen-bond acceptors (Lipinski definition) is 3. The molecule has 2 rings (SSSR count). The zero-order chi connectivity index (χ0) is 10.8. The van der Waals surface area contributed by atoms with E-state index in [1.54, 1.807) is 0 Å². The van der Waals surface area contributed by atoms with Crippen molar-refractivity contribution < 1.29 is 4.39 Å². The smallest absolute Gasteiger partial charge is 0.166 e. The molecule has 5 heteroatoms. The first-order chi connectivity index (χ1) is 7.15. The summed E-state index contributed by atoms with van der Waals surface area (Å²) in [7, 11) is 0. The molecule has 3 N–H and O–H groups in total. The molecule has 0 aliphatic heterocycles. The molecule has 15 heavy (non-hydrogen) atoms. The molecule has 0 aromatic carbocycles. The molecule has 0 radical (unpaired) electrons. The molecule has 0 unspecified atom stereocenters. The third-order valence-electron chi connectivity index (χ3n) is 2.64. The highest BCUT2D eigenvalue weighted by atomic mass is 35.5. The summed E-state index contributed by atoms with van der Waals surface area (Å²) in [6, 6.07) is 1.57. The molecule has 1 saturated carbocycles. The third-order valence-corrected chi connectivity index (χ3v) is 2.84. The summed E-state index contributed by atoms with van der Waals surface area (Å²) in [4.78, 5) is 3.88. The zero-order valence-corrected chi connectivity index (χ0v) is 8.97. The standard InChI is InChI=1S/C10H13ClFN3/c11-7-3-9(12)10(15-5-7)14-4-6-1-8(13)2-6/h3,5-6,8H,1-2,4,13H2,(H,14,15). The van der Waals surface area contributed by atoms with Crippen molar-refractivity contribution in [1.29, 1.82) is 0 Å². The zero-order valence-electron chi connectivity index (χ0n) is 8.21. The molecular formula is C10H13ClFN3. The molecular weight excluding hydrogens is 217 g/mol. The first-order valence-corrected chi connectivity index (χ1v) is 5.33. The van der Waals surface area contributed by atoms with Crippen molar-refractivity contribution in [3.63, 3.8) is 0 Å². The molecule has 0 atom stereocenters. The molecule has 1 aliphatic carbocycles. The van der Waals surface area contributed by atoms with Crippen molar-refractivity contribution in [2.75, 3.05) is 11.9 Å². The van der Waals surface area contributed by atoms with Gasteiger partial charge in [-0.1, -0.05) is 11.6 Å². The lowest BCUT2D eigenvalue weighted by Crippen LogP contribution is -2.39. The molecule has 1 fully saturated rings. The first kappa shape index (κ1) is 10.6. The summed E-state index contributed by atoms with van der Waals surface area (Å²) in [5.74, 6) is 0.392. The second-order valence-corrected chi connectivity index (χ2v) is 4.40. The van der Waals surface area contributed by atoms with Gasteiger partial charge in [-0.05, 0) is 24.8 Å². The Morgan fingerprint density at radius 2 is 2.33 bits per heavy atom. The van der Waals surface area contributed by atoms with Gasteiger partial charge < -0.3 is 11.1 Å². The summed E-state index contributed by atoms with van der Waals surface area (Å²) in [6.45, 7) is 0.721. The highest BCUT2D eigenvalue weighted by Gasteiger charge is 2.25. The number of hydrogen-bond donors (Lipinski definition) is 2. The molecule has 0 bridgehead atoms. The quantitative estimate of drug-likeness (QED) is 0.834. The van der Waals surface area contributed by atoms with Gasteiger partial charge in [-0.15, -0.1) is 0 Å². The van der Waals surface area contributed by atoms with Gasteiger partial charge >= 0.3 is 0 Å². The van der Waals surface area contributed by atoms with Gasteiger partial charge in [0.15, 0.2) is 11.6 Å². The van der Waals surface area contributed by atoms with Gasteiger partial charge in [0.1, 0.15) is 0 Å². The predicted octanol–water partition coefficient (Wildman–Crippen LogP) is 2.02. The predicted molar refractivity (Wildman–Crippen MR) is 58.4 cm³/mol. The number of nitrogens with two attached hydrogens (primary N) is 1. The molecule has 82 valence electrons. The van der Waals surface area contributed by atoms with Crippen molar-refractivity contribution in [1.82, 2.24) is 4.98 Å². The first-order valence-electron chi connectivity index (χ1n) is 4.95. The van der Waals surface area contributed by atoms with Gasteiger partial charge in [0.05, 0.1) is 5.02 Å². The topological polar surface area (TPSA) is 50.9 Å². The fourth-order valence-corrected chi connectivity index (χ4v) is 1.88. The van der Waals surface area contributed by atoms with E-state index < -0.39 is 5.82 Å². The van der Waals surface area contributed by atoms with Crippen LogP contribution in [-0.2, 0) is 0 Å². The molecule has 0 spiro atoms. The van der Waals surface area contributed by atoms with E-state index in [-0.39, 0.29) is 5.82 Å². The Labute approximate surface area is 92.8 Å². The Morgan fingerprint density at radius 1 is 1.60 bits per heavy atom. The maximum Gasteiger partial charge on any atom is 0.166 e. The van der Waals surface area contributed by atoms with Crippen molar-refractivity contribution in [2.45, 2.75) is 18.9 Å². The molecule has 1 aromatic rings. The number of halogens is 2. The molecule has 1 aliphatic rings. The minimum atomic E-state index is -0.411. The summed E-state index contributed by atoms with van der Waals surface area (Å²) in [5.41, 5.74) is 5.65. The summed E-state index contributed by atoms with van der Waals surface area (Å²) in [5, 5.41) is 3.27. The highest BCUT2D eigenvalue weighted by Crippen LogP contribution is 2.26. The lowest BCUT2D eigenvalue weighted by Gasteiger charge is -2.32. The van der Waals surface area contributed by atoms with Crippen LogP contribution in [0.3, 0.4) is 0 Å². The van der Waals surface area contributed by atoms with Crippen LogP contribution in [-0.4, -0.2) is 17.6 Å². The lowest BCUT2D eigenvalue weighted by molar-refractivity contribution is 0.279. The summed E-state index contributed by atoms with van der Waals surface area (Å²) >= 11 is 5.59. The van der Waals surface area contributed by atoms with E-state index in [2.05, 4.69) is 10.3 Å². The monoisotopic (exact) mass is 229 g/mol. The Kier molecular flexibility index (Phi) is 3.07. The largest absolute Gasteiger partial charge is 0.367 e. The van der Waals surface area contributed by atoms with Crippen LogP contribution in [0.25, 0.3) is 0 Å². The van der Waals surface area contributed by atoms with E-state index in [1.807, 2.05) is 0 Å². The highest BCUT2D eigenvalue weighted by molar-refractivity contribution is 6.30. The molecule has 0 amide bonds. The Hall–Kier alpha value is -0.870. The van der Waals surface area contributed by atoms with Crippen LogP contribution in [0.1, 0.15) is 12.8 Å². The third kappa shape index (κ3) is 2.58. The fraction of sp³-hybridized carbons (Fsp3) is 0.500. The van der Waals surface area contributed by atoms with Crippen LogP contribution < -0.4 is 11.1 Å². The van der Waals surface area contributed by atoms with Crippen LogP contribution >= 0.6 is 11.6 Å². The van der Waals surface area contributed by atoms with Gasteiger partial charge in [-0.25, -0.2) is 9.37 Å². The van der Waals surface area contributed by atoms with Crippen molar-refractivity contribution in [3.8, 4) is 0 Å². The fourth-order valence-electron chi connectivity index (χ4n) is 1.74. The van der Waals surface area contributed by atoms with E-state index in [0.29, 0.717) is 17.0 Å². The van der Waals surface area contributed by atoms with E-state index >= 15 is 0 Å². The van der Waals surface area contributed by atoms with Crippen molar-refractivity contribution >= 4 is 17.4 Å². The summed E-state index contributed by atoms with van der Waals surface area (Å²) in [6.07, 6.45) is 3.43. The van der Waals surface area contributed by atoms with Gasteiger partial charge in [0.2, 0.25) is 0 Å². The Bertz CT molecular complexity index is 353. The van der Waals surface area contributed by atoms with Crippen LogP contribution in [0.15, 0.2) is 12.3 Å². The average molecular weight is 230 g/mol. The van der Waals surface area contributed by atoms with Crippen molar-refractivity contribution in [2.24, 2.45) is 11.7 Å². The second kappa shape index (κ2) is 4.33. The van der Waals surface area contributed by atoms with E-state index in [1.165, 1.54) is 12.3 Å². The van der Waals surface area contributed by atoms with Gasteiger partial charge in [-0.2, -0.15) is 0 Å². The second-order valence-electron chi connectivity index (χ2n) is 3.96. The SMILES string of the molecule is NC1CC(CNc2ncc(Cl)cc2F)C1. The maximum absolute atomic E-state index is 13.3. The van der Waals surface area contributed by atoms with Gasteiger partial charge in [-0.3, -0.25) is 0 Å². The van der Waals surface area contributed by atoms with Crippen LogP contribution in [0.2, 0.25) is 5.02 Å². The number of rotatable bonds is 3. The van der Waals surface area contributed by atoms with Crippen LogP contribution in [0.5, 0.6) is 0 Å². The number of nitrogens with zero attached hydrogens (tertiary/aromatic N) is 1. The van der Waals surface area contributed by atoms with E-state index in [0.717, 1.165) is 19.4 Å². The van der Waals surface area contributed by atoms with E-state index in [9.17, 15) is 4.39 Å². The molecule has 1 aromatic heterocycles. The molecule has 0 saturated heterocycles. The summed E-state index contributed by atoms with van der Waals surface area (Å²) < 4.78 is 13.3. The normalized spacial score (nSPS) is 24.7. The van der Waals surface area contributed by atoms with Crippen LogP contribution in [0, 0.1) is 11.7 Å². The minimum Gasteiger partial charge on any atom is -0.367 e. The molecule has 3 nitrogen and oxygen atoms in total. The average Bonchev–Trinajstić information content (AvgIpc) is 2.13. The molecule has 1 heterocycles. The van der Waals surface area contributed by atoms with Gasteiger partial charge in [0, 0.05) is 18.8 Å². The number of anilines is 1. The maximum atomic E-state index is 13.3. The Morgan fingerprint density at radius 3 is 2.93 bits per heavy atom. The minimum absolute atomic E-state index is 0.264. The van der Waals surface area contributed by atoms with Crippen LogP contribution in [0.4, 0.5) is 10.2 Å². The lowest BCUT2D eigenvalue weighted by atomic mass is 9.81. The van der Waals surface area contributed by atoms with Gasteiger partial charge in [0.25, 0.3) is 0 Å². The van der Waals surface area contributed by atoms with E-state index in [4.69, 9.17) is 17.3 Å². The number of aromatic nitrogens is 1. The van der Waals surface area contributed by atoms with Crippen molar-refractivity contribution in [3.05, 3.63) is 23.1 Å². The number of pyridine rings is 1. The Balaban J connectivity index is 1.88.